The Hall–Kier alpha value is -0.830. The van der Waals surface area contributed by atoms with Gasteiger partial charge in [0, 0.05) is 0 Å². The summed E-state index contributed by atoms with van der Waals surface area (Å²) < 4.78 is 0. The predicted molar refractivity (Wildman–Crippen MR) is 33.1 cm³/mol. The summed E-state index contributed by atoms with van der Waals surface area (Å²) in [5.74, 6) is -1.24. The van der Waals surface area contributed by atoms with Gasteiger partial charge in [-0.1, -0.05) is 6.08 Å². The molecular weight excluding hydrogens is 120 g/mol. The van der Waals surface area contributed by atoms with Crippen LogP contribution in [0.2, 0.25) is 0 Å². The van der Waals surface area contributed by atoms with Crippen LogP contribution in [-0.2, 0) is 4.79 Å². The van der Waals surface area contributed by atoms with Crippen molar-refractivity contribution in [3.8, 4) is 0 Å². The molecule has 0 aliphatic carbocycles. The molecule has 0 rings (SSSR count). The smallest absolute Gasteiger partial charge is 0.339 e. The molecule has 0 aromatic rings. The van der Waals surface area contributed by atoms with E-state index in [2.05, 4.69) is 0 Å². The first-order chi connectivity index (χ1) is 4.00. The van der Waals surface area contributed by atoms with Crippen LogP contribution in [0.1, 0.15) is 13.8 Å². The van der Waals surface area contributed by atoms with Crippen molar-refractivity contribution in [3.05, 3.63) is 12.2 Å². The van der Waals surface area contributed by atoms with Gasteiger partial charge in [-0.3, -0.25) is 0 Å². The molecule has 1 atom stereocenters. The van der Waals surface area contributed by atoms with Gasteiger partial charge in [0.05, 0.1) is 0 Å². The molecule has 0 spiro atoms. The van der Waals surface area contributed by atoms with Crippen molar-refractivity contribution in [3.63, 3.8) is 0 Å². The molecule has 0 bridgehead atoms. The lowest BCUT2D eigenvalue weighted by molar-refractivity contribution is -0.151. The van der Waals surface area contributed by atoms with Gasteiger partial charge in [0.1, 0.15) is 0 Å². The Morgan fingerprint density at radius 2 is 2.11 bits per heavy atom. The average Bonchev–Trinajstić information content (AvgIpc) is 1.65. The van der Waals surface area contributed by atoms with Gasteiger partial charge in [-0.25, -0.2) is 4.79 Å². The van der Waals surface area contributed by atoms with E-state index in [4.69, 9.17) is 10.2 Å². The topological polar surface area (TPSA) is 57.5 Å². The number of allylic oxidation sites excluding steroid dienone is 1. The normalized spacial score (nSPS) is 17.7. The minimum atomic E-state index is -1.71. The number of aliphatic carboxylic acids is 1. The average molecular weight is 130 g/mol. The first kappa shape index (κ1) is 8.17. The van der Waals surface area contributed by atoms with Crippen LogP contribution in [0.5, 0.6) is 0 Å². The van der Waals surface area contributed by atoms with Crippen LogP contribution < -0.4 is 0 Å². The quantitative estimate of drug-likeness (QED) is 0.532. The molecule has 0 aromatic carbocycles. The summed E-state index contributed by atoms with van der Waals surface area (Å²) in [5, 5.41) is 17.2. The Labute approximate surface area is 53.6 Å². The van der Waals surface area contributed by atoms with E-state index < -0.39 is 11.6 Å². The van der Waals surface area contributed by atoms with Crippen molar-refractivity contribution in [2.75, 3.05) is 0 Å². The number of carbonyl (C=O) groups is 1. The fraction of sp³-hybridized carbons (Fsp3) is 0.500. The van der Waals surface area contributed by atoms with Crippen LogP contribution in [-0.4, -0.2) is 21.8 Å². The van der Waals surface area contributed by atoms with E-state index in [0.717, 1.165) is 0 Å². The van der Waals surface area contributed by atoms with Crippen molar-refractivity contribution >= 4 is 5.97 Å². The molecule has 0 aromatic heterocycles. The highest BCUT2D eigenvalue weighted by atomic mass is 16.4. The second-order valence-corrected chi connectivity index (χ2v) is 1.95. The van der Waals surface area contributed by atoms with E-state index in [1.54, 1.807) is 6.92 Å². The second-order valence-electron chi connectivity index (χ2n) is 1.95. The van der Waals surface area contributed by atoms with Crippen LogP contribution in [0.15, 0.2) is 12.2 Å². The lowest BCUT2D eigenvalue weighted by Gasteiger charge is -2.10. The predicted octanol–water partition coefficient (Wildman–Crippen LogP) is 0.398. The number of rotatable bonds is 2. The third-order valence-electron chi connectivity index (χ3n) is 0.924. The largest absolute Gasteiger partial charge is 0.479 e. The Kier molecular flexibility index (Phi) is 2.40. The van der Waals surface area contributed by atoms with Crippen molar-refractivity contribution in [1.82, 2.24) is 0 Å². The van der Waals surface area contributed by atoms with Gasteiger partial charge in [-0.15, -0.1) is 0 Å². The standard InChI is InChI=1S/C6H10O3/c1-3-4-6(2,9)5(7)8/h3-4,9H,1-2H3,(H,7,8). The first-order valence-electron chi connectivity index (χ1n) is 2.60. The highest BCUT2D eigenvalue weighted by Gasteiger charge is 2.25. The highest BCUT2D eigenvalue weighted by Crippen LogP contribution is 2.03. The third-order valence-corrected chi connectivity index (χ3v) is 0.924. The van der Waals surface area contributed by atoms with Gasteiger partial charge in [0.15, 0.2) is 5.60 Å². The minimum Gasteiger partial charge on any atom is -0.479 e. The molecule has 1 unspecified atom stereocenters. The Balaban J connectivity index is 4.19. The van der Waals surface area contributed by atoms with E-state index in [0.29, 0.717) is 0 Å². The number of aliphatic hydroxyl groups is 1. The van der Waals surface area contributed by atoms with Gasteiger partial charge in [0.2, 0.25) is 0 Å². The van der Waals surface area contributed by atoms with Gasteiger partial charge in [-0.05, 0) is 19.9 Å². The van der Waals surface area contributed by atoms with E-state index in [-0.39, 0.29) is 0 Å². The molecular formula is C6H10O3. The molecule has 0 aliphatic rings. The maximum absolute atomic E-state index is 10.1. The number of hydrogen-bond donors (Lipinski definition) is 2. The summed E-state index contributed by atoms with van der Waals surface area (Å²) in [6.45, 7) is 2.87. The first-order valence-corrected chi connectivity index (χ1v) is 2.60. The number of hydrogen-bond acceptors (Lipinski definition) is 2. The fourth-order valence-electron chi connectivity index (χ4n) is 0.396. The summed E-state index contributed by atoms with van der Waals surface area (Å²) >= 11 is 0. The maximum Gasteiger partial charge on any atom is 0.339 e. The summed E-state index contributed by atoms with van der Waals surface area (Å²) in [7, 11) is 0. The molecule has 2 N–H and O–H groups in total. The summed E-state index contributed by atoms with van der Waals surface area (Å²) in [4.78, 5) is 10.1. The van der Waals surface area contributed by atoms with Crippen molar-refractivity contribution in [2.24, 2.45) is 0 Å². The SMILES string of the molecule is CC=CC(C)(O)C(=O)O. The molecule has 0 heterocycles. The minimum absolute atomic E-state index is 1.22. The summed E-state index contributed by atoms with van der Waals surface area (Å²) in [5.41, 5.74) is -1.71. The van der Waals surface area contributed by atoms with Crippen molar-refractivity contribution in [1.29, 1.82) is 0 Å². The third kappa shape index (κ3) is 2.28. The molecule has 52 valence electrons. The Bertz CT molecular complexity index is 135. The highest BCUT2D eigenvalue weighted by molar-refractivity contribution is 5.78. The van der Waals surface area contributed by atoms with Gasteiger partial charge >= 0.3 is 5.97 Å². The molecule has 3 nitrogen and oxygen atoms in total. The number of carboxylic acids is 1. The zero-order chi connectivity index (χ0) is 7.49. The molecule has 0 saturated carbocycles. The monoisotopic (exact) mass is 130 g/mol. The molecule has 0 aliphatic heterocycles. The molecule has 0 fully saturated rings. The van der Waals surface area contributed by atoms with E-state index in [9.17, 15) is 4.79 Å². The van der Waals surface area contributed by atoms with Crippen LogP contribution in [0, 0.1) is 0 Å². The summed E-state index contributed by atoms with van der Waals surface area (Å²) in [6, 6.07) is 0. The van der Waals surface area contributed by atoms with Gasteiger partial charge in [-0.2, -0.15) is 0 Å². The molecule has 0 amide bonds. The van der Waals surface area contributed by atoms with Gasteiger partial charge < -0.3 is 10.2 Å². The van der Waals surface area contributed by atoms with Crippen molar-refractivity contribution in [2.45, 2.75) is 19.4 Å². The lowest BCUT2D eigenvalue weighted by atomic mass is 10.1. The van der Waals surface area contributed by atoms with Gasteiger partial charge in [0.25, 0.3) is 0 Å². The zero-order valence-electron chi connectivity index (χ0n) is 5.46. The second kappa shape index (κ2) is 2.64. The molecule has 9 heavy (non-hydrogen) atoms. The Morgan fingerprint density at radius 1 is 1.67 bits per heavy atom. The number of carboxylic acid groups (broad SMARTS) is 1. The van der Waals surface area contributed by atoms with Crippen molar-refractivity contribution < 1.29 is 15.0 Å². The van der Waals surface area contributed by atoms with Crippen LogP contribution in [0.25, 0.3) is 0 Å². The summed E-state index contributed by atoms with van der Waals surface area (Å²) in [6.07, 6.45) is 2.71. The van der Waals surface area contributed by atoms with Crippen LogP contribution in [0.3, 0.4) is 0 Å². The molecule has 0 radical (unpaired) electrons. The van der Waals surface area contributed by atoms with Crippen LogP contribution >= 0.6 is 0 Å². The fourth-order valence-corrected chi connectivity index (χ4v) is 0.396. The van der Waals surface area contributed by atoms with E-state index in [1.165, 1.54) is 19.1 Å². The van der Waals surface area contributed by atoms with E-state index in [1.807, 2.05) is 0 Å². The van der Waals surface area contributed by atoms with E-state index >= 15 is 0 Å². The van der Waals surface area contributed by atoms with Crippen LogP contribution in [0.4, 0.5) is 0 Å². The Morgan fingerprint density at radius 3 is 2.22 bits per heavy atom. The zero-order valence-corrected chi connectivity index (χ0v) is 5.46. The maximum atomic E-state index is 10.1. The lowest BCUT2D eigenvalue weighted by Crippen LogP contribution is -2.31. The molecule has 0 saturated heterocycles. The molecule has 3 heteroatoms.